The molecule has 0 aliphatic heterocycles. The number of allylic oxidation sites excluding steroid dienone is 9. The lowest BCUT2D eigenvalue weighted by atomic mass is 9.96. The Kier molecular flexibility index (Phi) is 7.94. The van der Waals surface area contributed by atoms with Crippen LogP contribution in [0.5, 0.6) is 0 Å². The normalized spacial score (nSPS) is 14.2. The van der Waals surface area contributed by atoms with Crippen LogP contribution in [-0.2, 0) is 0 Å². The molecule has 0 atom stereocenters. The minimum atomic E-state index is 0.00206. The Morgan fingerprint density at radius 2 is 1.02 bits per heavy atom. The van der Waals surface area contributed by atoms with E-state index in [0.717, 1.165) is 17.1 Å². The van der Waals surface area contributed by atoms with Gasteiger partial charge in [0.1, 0.15) is 0 Å². The van der Waals surface area contributed by atoms with Gasteiger partial charge in [-0.05, 0) is 63.7 Å². The smallest absolute Gasteiger partial charge is 0.0461 e. The number of rotatable bonds is 9. The number of hydrogen-bond donors (Lipinski definition) is 0. The van der Waals surface area contributed by atoms with Gasteiger partial charge < -0.3 is 4.90 Å². The third kappa shape index (κ3) is 6.22. The molecule has 0 saturated heterocycles. The van der Waals surface area contributed by atoms with E-state index in [-0.39, 0.29) is 5.41 Å². The van der Waals surface area contributed by atoms with E-state index in [2.05, 4.69) is 159 Å². The summed E-state index contributed by atoms with van der Waals surface area (Å²) in [6.45, 7) is 12.8. The molecule has 4 aromatic rings. The van der Waals surface area contributed by atoms with Crippen LogP contribution in [0.2, 0.25) is 0 Å². The van der Waals surface area contributed by atoms with Gasteiger partial charge in [0, 0.05) is 22.5 Å². The Labute approximate surface area is 239 Å². The maximum Gasteiger partial charge on any atom is 0.0461 e. The van der Waals surface area contributed by atoms with E-state index in [9.17, 15) is 0 Å². The van der Waals surface area contributed by atoms with Crippen LogP contribution in [0.3, 0.4) is 0 Å². The first kappa shape index (κ1) is 26.7. The number of benzene rings is 4. The number of hydrogen-bond acceptors (Lipinski definition) is 1. The largest absolute Gasteiger partial charge is 0.311 e. The highest BCUT2D eigenvalue weighted by atomic mass is 15.1. The van der Waals surface area contributed by atoms with Gasteiger partial charge >= 0.3 is 0 Å². The second-order valence-electron chi connectivity index (χ2n) is 10.6. The summed E-state index contributed by atoms with van der Waals surface area (Å²) < 4.78 is 0. The van der Waals surface area contributed by atoms with Crippen LogP contribution in [0.1, 0.15) is 13.8 Å². The van der Waals surface area contributed by atoms with Gasteiger partial charge in [0.2, 0.25) is 0 Å². The first-order chi connectivity index (χ1) is 19.4. The van der Waals surface area contributed by atoms with E-state index < -0.39 is 0 Å². The van der Waals surface area contributed by atoms with E-state index in [1.807, 2.05) is 24.3 Å². The second kappa shape index (κ2) is 11.9. The molecule has 4 aromatic carbocycles. The standard InChI is InChI=1S/C39H35N/c1-5-6-13-35-28-39(3,4)29-36(35)19-18-30(2)40(37-24-20-33(21-25-37)31-14-9-7-10-15-31)38-26-22-34(23-27-38)32-16-11-8-12-17-32/h5-29H,1-2H2,3-4H3. The SMILES string of the molecule is C=CC=CC1=CC(C)(C)C=C1C=CC(=C)N(c1ccc(-c2ccccc2)cc1)c1ccc(-c2ccccc2)cc1. The monoisotopic (exact) mass is 517 g/mol. The zero-order valence-corrected chi connectivity index (χ0v) is 23.3. The van der Waals surface area contributed by atoms with Crippen molar-refractivity contribution >= 4 is 11.4 Å². The summed E-state index contributed by atoms with van der Waals surface area (Å²) in [4.78, 5) is 2.21. The van der Waals surface area contributed by atoms with Crippen molar-refractivity contribution in [2.45, 2.75) is 13.8 Å². The van der Waals surface area contributed by atoms with Crippen LogP contribution in [-0.4, -0.2) is 0 Å². The Morgan fingerprint density at radius 1 is 0.600 bits per heavy atom. The van der Waals surface area contributed by atoms with Crippen LogP contribution < -0.4 is 4.90 Å². The van der Waals surface area contributed by atoms with E-state index in [4.69, 9.17) is 0 Å². The Hall–Kier alpha value is -4.88. The molecule has 40 heavy (non-hydrogen) atoms. The molecule has 0 fully saturated rings. The summed E-state index contributed by atoms with van der Waals surface area (Å²) in [5.41, 5.74) is 10.2. The van der Waals surface area contributed by atoms with Crippen molar-refractivity contribution in [3.8, 4) is 22.3 Å². The first-order valence-electron chi connectivity index (χ1n) is 13.7. The summed E-state index contributed by atoms with van der Waals surface area (Å²) in [6, 6.07) is 38.3. The van der Waals surface area contributed by atoms with E-state index in [1.54, 1.807) is 0 Å². The highest BCUT2D eigenvalue weighted by Crippen LogP contribution is 2.37. The molecule has 0 amide bonds. The fraction of sp³-hybridized carbons (Fsp3) is 0.0769. The predicted molar refractivity (Wildman–Crippen MR) is 173 cm³/mol. The molecule has 1 aliphatic rings. The van der Waals surface area contributed by atoms with Gasteiger partial charge in [-0.25, -0.2) is 0 Å². The van der Waals surface area contributed by atoms with E-state index in [1.165, 1.54) is 33.4 Å². The molecule has 196 valence electrons. The van der Waals surface area contributed by atoms with Crippen molar-refractivity contribution in [2.24, 2.45) is 5.41 Å². The maximum absolute atomic E-state index is 4.51. The van der Waals surface area contributed by atoms with Crippen molar-refractivity contribution in [2.75, 3.05) is 4.90 Å². The van der Waals surface area contributed by atoms with Gasteiger partial charge in [-0.15, -0.1) is 0 Å². The molecule has 0 unspecified atom stereocenters. The van der Waals surface area contributed by atoms with Crippen LogP contribution in [0.4, 0.5) is 11.4 Å². The molecule has 1 heteroatoms. The van der Waals surface area contributed by atoms with Crippen molar-refractivity contribution in [1.82, 2.24) is 0 Å². The van der Waals surface area contributed by atoms with Gasteiger partial charge in [-0.3, -0.25) is 0 Å². The molecule has 0 saturated carbocycles. The van der Waals surface area contributed by atoms with Crippen LogP contribution in [0, 0.1) is 5.41 Å². The Balaban J connectivity index is 1.49. The van der Waals surface area contributed by atoms with Gasteiger partial charge in [-0.2, -0.15) is 0 Å². The molecule has 0 spiro atoms. The van der Waals surface area contributed by atoms with Gasteiger partial charge in [0.25, 0.3) is 0 Å². The fourth-order valence-electron chi connectivity index (χ4n) is 5.08. The zero-order valence-electron chi connectivity index (χ0n) is 23.3. The quantitative estimate of drug-likeness (QED) is 0.200. The third-order valence-electron chi connectivity index (χ3n) is 7.01. The van der Waals surface area contributed by atoms with Crippen LogP contribution in [0.25, 0.3) is 22.3 Å². The molecule has 0 aromatic heterocycles. The molecule has 0 heterocycles. The highest BCUT2D eigenvalue weighted by molar-refractivity contribution is 5.75. The highest BCUT2D eigenvalue weighted by Gasteiger charge is 2.21. The fourth-order valence-corrected chi connectivity index (χ4v) is 5.08. The topological polar surface area (TPSA) is 3.24 Å². The molecular formula is C39H35N. The summed E-state index contributed by atoms with van der Waals surface area (Å²) in [5, 5.41) is 0. The summed E-state index contributed by atoms with van der Waals surface area (Å²) >= 11 is 0. The minimum Gasteiger partial charge on any atom is -0.311 e. The maximum atomic E-state index is 4.51. The molecule has 1 nitrogen and oxygen atoms in total. The van der Waals surface area contributed by atoms with Gasteiger partial charge in [0.05, 0.1) is 0 Å². The lowest BCUT2D eigenvalue weighted by molar-refractivity contribution is 0.634. The summed E-state index contributed by atoms with van der Waals surface area (Å²) in [6.07, 6.45) is 14.8. The van der Waals surface area contributed by atoms with Crippen LogP contribution >= 0.6 is 0 Å². The van der Waals surface area contributed by atoms with Crippen molar-refractivity contribution in [3.05, 3.63) is 182 Å². The van der Waals surface area contributed by atoms with E-state index in [0.29, 0.717) is 0 Å². The zero-order chi connectivity index (χ0) is 28.0. The molecule has 1 aliphatic carbocycles. The molecule has 0 radical (unpaired) electrons. The molecular weight excluding hydrogens is 482 g/mol. The first-order valence-corrected chi connectivity index (χ1v) is 13.7. The van der Waals surface area contributed by atoms with Crippen molar-refractivity contribution < 1.29 is 0 Å². The summed E-state index contributed by atoms with van der Waals surface area (Å²) in [5.74, 6) is 0. The minimum absolute atomic E-state index is 0.00206. The third-order valence-corrected chi connectivity index (χ3v) is 7.01. The molecule has 0 bridgehead atoms. The van der Waals surface area contributed by atoms with Gasteiger partial charge in [0.15, 0.2) is 0 Å². The lowest BCUT2D eigenvalue weighted by Crippen LogP contribution is -2.14. The lowest BCUT2D eigenvalue weighted by Gasteiger charge is -2.26. The molecule has 5 rings (SSSR count). The number of anilines is 2. The average Bonchev–Trinajstić information content (AvgIpc) is 3.29. The molecule has 0 N–H and O–H groups in total. The van der Waals surface area contributed by atoms with Gasteiger partial charge in [-0.1, -0.05) is 148 Å². The second-order valence-corrected chi connectivity index (χ2v) is 10.6. The summed E-state index contributed by atoms with van der Waals surface area (Å²) in [7, 11) is 0. The average molecular weight is 518 g/mol. The van der Waals surface area contributed by atoms with Crippen LogP contribution in [0.15, 0.2) is 182 Å². The van der Waals surface area contributed by atoms with Crippen molar-refractivity contribution in [3.63, 3.8) is 0 Å². The van der Waals surface area contributed by atoms with E-state index >= 15 is 0 Å². The Morgan fingerprint density at radius 3 is 1.48 bits per heavy atom. The van der Waals surface area contributed by atoms with Crippen molar-refractivity contribution in [1.29, 1.82) is 0 Å². The Bertz CT molecular complexity index is 1510. The number of nitrogens with zero attached hydrogens (tertiary/aromatic N) is 1. The predicted octanol–water partition coefficient (Wildman–Crippen LogP) is 10.9.